The monoisotopic (exact) mass is 346 g/mol. The zero-order valence-corrected chi connectivity index (χ0v) is 12.0. The van der Waals surface area contributed by atoms with Crippen molar-refractivity contribution in [1.82, 2.24) is 9.55 Å². The molecule has 0 fully saturated rings. The Balaban J connectivity index is 2.38. The van der Waals surface area contributed by atoms with E-state index in [-0.39, 0.29) is 5.56 Å². The van der Waals surface area contributed by atoms with Crippen LogP contribution in [0.1, 0.15) is 16.3 Å². The summed E-state index contributed by atoms with van der Waals surface area (Å²) in [5, 5.41) is 2.97. The molecule has 3 nitrogen and oxygen atoms in total. The van der Waals surface area contributed by atoms with Gasteiger partial charge in [0, 0.05) is 26.4 Å². The first-order chi connectivity index (χ1) is 7.56. The van der Waals surface area contributed by atoms with Crippen LogP contribution in [-0.2, 0) is 6.54 Å². The second kappa shape index (κ2) is 4.67. The van der Waals surface area contributed by atoms with E-state index < -0.39 is 0 Å². The predicted molar refractivity (Wildman–Crippen MR) is 74.1 cm³/mol. The van der Waals surface area contributed by atoms with Gasteiger partial charge in [0.15, 0.2) is 0 Å². The molecule has 0 unspecified atom stereocenters. The first-order valence-electron chi connectivity index (χ1n) is 4.84. The third-order valence-electron chi connectivity index (χ3n) is 2.20. The number of aryl methyl sites for hydroxylation is 2. The summed E-state index contributed by atoms with van der Waals surface area (Å²) in [6.07, 6.45) is 1.87. The van der Waals surface area contributed by atoms with Crippen LogP contribution in [0.3, 0.4) is 0 Å². The molecule has 0 aliphatic rings. The molecule has 0 aromatic carbocycles. The number of pyridine rings is 1. The van der Waals surface area contributed by atoms with E-state index in [9.17, 15) is 4.79 Å². The van der Waals surface area contributed by atoms with Crippen molar-refractivity contribution >= 4 is 33.9 Å². The van der Waals surface area contributed by atoms with Gasteiger partial charge in [0.2, 0.25) is 0 Å². The zero-order valence-electron chi connectivity index (χ0n) is 9.03. The quantitative estimate of drug-likeness (QED) is 0.784. The van der Waals surface area contributed by atoms with Gasteiger partial charge in [0.25, 0.3) is 5.56 Å². The molecule has 2 heterocycles. The smallest absolute Gasteiger partial charge is 0.253 e. The van der Waals surface area contributed by atoms with Gasteiger partial charge >= 0.3 is 0 Å². The van der Waals surface area contributed by atoms with Crippen LogP contribution in [-0.4, -0.2) is 9.55 Å². The largest absolute Gasteiger partial charge is 0.307 e. The summed E-state index contributed by atoms with van der Waals surface area (Å²) in [5.41, 5.74) is 1.85. The highest BCUT2D eigenvalue weighted by molar-refractivity contribution is 14.1. The van der Waals surface area contributed by atoms with E-state index in [1.807, 2.05) is 31.5 Å². The summed E-state index contributed by atoms with van der Waals surface area (Å²) in [4.78, 5) is 16.2. The number of nitrogens with zero attached hydrogens (tertiary/aromatic N) is 2. The van der Waals surface area contributed by atoms with Crippen molar-refractivity contribution < 1.29 is 0 Å². The molecule has 5 heteroatoms. The minimum atomic E-state index is 0.0632. The lowest BCUT2D eigenvalue weighted by Crippen LogP contribution is -2.22. The van der Waals surface area contributed by atoms with E-state index in [1.165, 1.54) is 0 Å². The fraction of sp³-hybridized carbons (Fsp3) is 0.273. The van der Waals surface area contributed by atoms with Gasteiger partial charge in [-0.1, -0.05) is 0 Å². The van der Waals surface area contributed by atoms with E-state index in [2.05, 4.69) is 27.6 Å². The van der Waals surface area contributed by atoms with Crippen LogP contribution in [0, 0.1) is 17.4 Å². The maximum atomic E-state index is 11.9. The zero-order chi connectivity index (χ0) is 11.7. The minimum absolute atomic E-state index is 0.0632. The van der Waals surface area contributed by atoms with Gasteiger partial charge in [-0.05, 0) is 42.5 Å². The average Bonchev–Trinajstić information content (AvgIpc) is 2.60. The van der Waals surface area contributed by atoms with Crippen molar-refractivity contribution in [2.24, 2.45) is 0 Å². The third kappa shape index (κ3) is 2.52. The highest BCUT2D eigenvalue weighted by atomic mass is 127. The van der Waals surface area contributed by atoms with Crippen LogP contribution >= 0.6 is 33.9 Å². The molecule has 0 saturated heterocycles. The van der Waals surface area contributed by atoms with Crippen LogP contribution in [0.5, 0.6) is 0 Å². The summed E-state index contributed by atoms with van der Waals surface area (Å²) in [6, 6.07) is 1.90. The molecule has 0 amide bonds. The molecule has 0 N–H and O–H groups in total. The molecule has 2 aromatic rings. The van der Waals surface area contributed by atoms with Crippen LogP contribution < -0.4 is 5.56 Å². The van der Waals surface area contributed by atoms with Crippen molar-refractivity contribution in [3.63, 3.8) is 0 Å². The van der Waals surface area contributed by atoms with Crippen molar-refractivity contribution in [3.05, 3.63) is 47.8 Å². The molecule has 0 radical (unpaired) electrons. The second-order valence-corrected chi connectivity index (χ2v) is 5.85. The summed E-state index contributed by atoms with van der Waals surface area (Å²) in [6.45, 7) is 4.37. The van der Waals surface area contributed by atoms with Gasteiger partial charge in [-0.25, -0.2) is 4.98 Å². The predicted octanol–water partition coefficient (Wildman–Crippen LogP) is 2.57. The van der Waals surface area contributed by atoms with Crippen molar-refractivity contribution in [1.29, 1.82) is 0 Å². The van der Waals surface area contributed by atoms with Crippen LogP contribution in [0.4, 0.5) is 0 Å². The molecule has 0 aliphatic heterocycles. The summed E-state index contributed by atoms with van der Waals surface area (Å²) in [7, 11) is 0. The Morgan fingerprint density at radius 3 is 2.88 bits per heavy atom. The Hall–Kier alpha value is -0.690. The molecular formula is C11H11IN2OS. The number of halogens is 1. The lowest BCUT2D eigenvalue weighted by atomic mass is 10.3. The average molecular weight is 346 g/mol. The standard InChI is InChI=1S/C11H11IN2OS/c1-7-3-9(12)4-14(11(7)15)5-10-13-8(2)6-16-10/h3-4,6H,5H2,1-2H3. The fourth-order valence-electron chi connectivity index (χ4n) is 1.48. The lowest BCUT2D eigenvalue weighted by Gasteiger charge is -2.05. The molecule has 2 rings (SSSR count). The van der Waals surface area contributed by atoms with Crippen LogP contribution in [0.2, 0.25) is 0 Å². The molecule has 2 aromatic heterocycles. The number of thiazole rings is 1. The molecule has 16 heavy (non-hydrogen) atoms. The normalized spacial score (nSPS) is 10.7. The van der Waals surface area contributed by atoms with Gasteiger partial charge in [-0.15, -0.1) is 11.3 Å². The Morgan fingerprint density at radius 2 is 2.25 bits per heavy atom. The van der Waals surface area contributed by atoms with Gasteiger partial charge in [0.05, 0.1) is 6.54 Å². The van der Waals surface area contributed by atoms with Gasteiger partial charge in [-0.2, -0.15) is 0 Å². The fourth-order valence-corrected chi connectivity index (χ4v) is 3.05. The first-order valence-corrected chi connectivity index (χ1v) is 6.79. The molecule has 0 spiro atoms. The maximum Gasteiger partial charge on any atom is 0.253 e. The number of hydrogen-bond acceptors (Lipinski definition) is 3. The summed E-state index contributed by atoms with van der Waals surface area (Å²) >= 11 is 3.81. The Labute approximate surface area is 111 Å². The topological polar surface area (TPSA) is 34.9 Å². The van der Waals surface area contributed by atoms with Crippen molar-refractivity contribution in [3.8, 4) is 0 Å². The molecule has 0 saturated carbocycles. The number of rotatable bonds is 2. The number of aromatic nitrogens is 2. The molecule has 0 bridgehead atoms. The van der Waals surface area contributed by atoms with E-state index in [1.54, 1.807) is 15.9 Å². The SMILES string of the molecule is Cc1csc(Cn2cc(I)cc(C)c2=O)n1. The first kappa shape index (κ1) is 11.8. The number of hydrogen-bond donors (Lipinski definition) is 0. The summed E-state index contributed by atoms with van der Waals surface area (Å²) in [5.74, 6) is 0. The molecular weight excluding hydrogens is 335 g/mol. The molecule has 0 atom stereocenters. The van der Waals surface area contributed by atoms with E-state index >= 15 is 0 Å². The second-order valence-electron chi connectivity index (χ2n) is 3.66. The highest BCUT2D eigenvalue weighted by Crippen LogP contribution is 2.11. The van der Waals surface area contributed by atoms with Gasteiger partial charge in [0.1, 0.15) is 5.01 Å². The maximum absolute atomic E-state index is 11.9. The van der Waals surface area contributed by atoms with Crippen LogP contribution in [0.15, 0.2) is 22.4 Å². The Kier molecular flexibility index (Phi) is 3.44. The van der Waals surface area contributed by atoms with Crippen LogP contribution in [0.25, 0.3) is 0 Å². The van der Waals surface area contributed by atoms with E-state index in [0.29, 0.717) is 6.54 Å². The van der Waals surface area contributed by atoms with Crippen molar-refractivity contribution in [2.45, 2.75) is 20.4 Å². The van der Waals surface area contributed by atoms with E-state index in [0.717, 1.165) is 19.8 Å². The van der Waals surface area contributed by atoms with Gasteiger partial charge < -0.3 is 4.57 Å². The van der Waals surface area contributed by atoms with E-state index in [4.69, 9.17) is 0 Å². The molecule has 0 aliphatic carbocycles. The molecule has 84 valence electrons. The van der Waals surface area contributed by atoms with Crippen molar-refractivity contribution in [2.75, 3.05) is 0 Å². The highest BCUT2D eigenvalue weighted by Gasteiger charge is 2.05. The Morgan fingerprint density at radius 1 is 1.50 bits per heavy atom. The van der Waals surface area contributed by atoms with Gasteiger partial charge in [-0.3, -0.25) is 4.79 Å². The minimum Gasteiger partial charge on any atom is -0.307 e. The third-order valence-corrected chi connectivity index (χ3v) is 3.75. The summed E-state index contributed by atoms with van der Waals surface area (Å²) < 4.78 is 2.79. The Bertz CT molecular complexity index is 574. The lowest BCUT2D eigenvalue weighted by molar-refractivity contribution is 0.742.